The molecule has 0 aliphatic heterocycles. The molecule has 1 unspecified atom stereocenters. The predicted octanol–water partition coefficient (Wildman–Crippen LogP) is 2.74. The Morgan fingerprint density at radius 2 is 1.80 bits per heavy atom. The lowest BCUT2D eigenvalue weighted by molar-refractivity contribution is 0.174. The molecule has 2 nitrogen and oxygen atoms in total. The highest BCUT2D eigenvalue weighted by molar-refractivity contribution is 4.71. The van der Waals surface area contributed by atoms with Crippen LogP contribution in [0.5, 0.6) is 0 Å². The van der Waals surface area contributed by atoms with Crippen LogP contribution in [0.1, 0.15) is 47.5 Å². The van der Waals surface area contributed by atoms with Gasteiger partial charge in [-0.1, -0.05) is 27.7 Å². The van der Waals surface area contributed by atoms with Crippen LogP contribution in [0.25, 0.3) is 0 Å². The van der Waals surface area contributed by atoms with Crippen molar-refractivity contribution in [3.05, 3.63) is 0 Å². The van der Waals surface area contributed by atoms with E-state index in [1.54, 1.807) is 0 Å². The fourth-order valence-electron chi connectivity index (χ4n) is 1.74. The van der Waals surface area contributed by atoms with Crippen LogP contribution in [0.3, 0.4) is 0 Å². The molecule has 0 aromatic rings. The Morgan fingerprint density at radius 1 is 1.20 bits per heavy atom. The minimum atomic E-state index is 0.403. The number of nitrogens with one attached hydrogen (secondary N) is 1. The van der Waals surface area contributed by atoms with Gasteiger partial charge in [0.1, 0.15) is 0 Å². The van der Waals surface area contributed by atoms with Crippen LogP contribution in [0.4, 0.5) is 0 Å². The molecule has 0 saturated carbocycles. The van der Waals surface area contributed by atoms with E-state index in [9.17, 15) is 0 Å². The van der Waals surface area contributed by atoms with Crippen molar-refractivity contribution in [1.82, 2.24) is 10.2 Å². The molecule has 15 heavy (non-hydrogen) atoms. The first kappa shape index (κ1) is 14.9. The topological polar surface area (TPSA) is 15.3 Å². The summed E-state index contributed by atoms with van der Waals surface area (Å²) < 4.78 is 0. The summed E-state index contributed by atoms with van der Waals surface area (Å²) in [5, 5.41) is 3.46. The Bertz CT molecular complexity index is 149. The summed E-state index contributed by atoms with van der Waals surface area (Å²) in [6.07, 6.45) is 2.47. The Morgan fingerprint density at radius 3 is 2.27 bits per heavy atom. The molecule has 0 bridgehead atoms. The first-order chi connectivity index (χ1) is 6.87. The van der Waals surface area contributed by atoms with E-state index < -0.39 is 0 Å². The lowest BCUT2D eigenvalue weighted by Crippen LogP contribution is -2.37. The average Bonchev–Trinajstić information content (AvgIpc) is 2.09. The molecule has 0 heterocycles. The van der Waals surface area contributed by atoms with Crippen LogP contribution in [0.2, 0.25) is 0 Å². The van der Waals surface area contributed by atoms with Crippen LogP contribution in [-0.4, -0.2) is 37.6 Å². The second kappa shape index (κ2) is 7.24. The SMILES string of the molecule is CCCNCCC(C)N(C)CC(C)(C)C. The lowest BCUT2D eigenvalue weighted by Gasteiger charge is -2.31. The van der Waals surface area contributed by atoms with Gasteiger partial charge in [-0.15, -0.1) is 0 Å². The van der Waals surface area contributed by atoms with Gasteiger partial charge in [0.2, 0.25) is 0 Å². The Balaban J connectivity index is 3.65. The van der Waals surface area contributed by atoms with Gasteiger partial charge < -0.3 is 10.2 Å². The molecule has 0 fully saturated rings. The summed E-state index contributed by atoms with van der Waals surface area (Å²) in [6, 6.07) is 0.675. The molecule has 0 rings (SSSR count). The van der Waals surface area contributed by atoms with Crippen LogP contribution in [0.15, 0.2) is 0 Å². The molecule has 1 atom stereocenters. The quantitative estimate of drug-likeness (QED) is 0.656. The second-order valence-corrected chi connectivity index (χ2v) is 5.86. The molecule has 1 N–H and O–H groups in total. The van der Waals surface area contributed by atoms with Crippen LogP contribution < -0.4 is 5.32 Å². The minimum Gasteiger partial charge on any atom is -0.317 e. The van der Waals surface area contributed by atoms with E-state index in [1.807, 2.05) is 0 Å². The van der Waals surface area contributed by atoms with Crippen molar-refractivity contribution in [2.45, 2.75) is 53.5 Å². The molecule has 0 aliphatic carbocycles. The average molecular weight is 214 g/mol. The van der Waals surface area contributed by atoms with Gasteiger partial charge in [-0.25, -0.2) is 0 Å². The molecule has 2 heteroatoms. The van der Waals surface area contributed by atoms with Gasteiger partial charge in [0.05, 0.1) is 0 Å². The highest BCUT2D eigenvalue weighted by atomic mass is 15.1. The molecule has 0 radical (unpaired) electrons. The molecule has 0 amide bonds. The fourth-order valence-corrected chi connectivity index (χ4v) is 1.74. The van der Waals surface area contributed by atoms with E-state index in [-0.39, 0.29) is 0 Å². The predicted molar refractivity (Wildman–Crippen MR) is 69.3 cm³/mol. The van der Waals surface area contributed by atoms with E-state index in [4.69, 9.17) is 0 Å². The highest BCUT2D eigenvalue weighted by Crippen LogP contribution is 2.16. The van der Waals surface area contributed by atoms with Crippen molar-refractivity contribution < 1.29 is 0 Å². The summed E-state index contributed by atoms with van der Waals surface area (Å²) in [5.74, 6) is 0. The number of hydrogen-bond acceptors (Lipinski definition) is 2. The smallest absolute Gasteiger partial charge is 0.00761 e. The molecule has 0 aliphatic rings. The second-order valence-electron chi connectivity index (χ2n) is 5.86. The molecule has 0 aromatic heterocycles. The van der Waals surface area contributed by atoms with Gasteiger partial charge in [-0.2, -0.15) is 0 Å². The summed E-state index contributed by atoms with van der Waals surface area (Å²) in [6.45, 7) is 14.9. The number of rotatable bonds is 7. The van der Waals surface area contributed by atoms with E-state index in [0.29, 0.717) is 11.5 Å². The molecular formula is C13H30N2. The zero-order valence-corrected chi connectivity index (χ0v) is 11.6. The van der Waals surface area contributed by atoms with Crippen LogP contribution in [0, 0.1) is 5.41 Å². The summed E-state index contributed by atoms with van der Waals surface area (Å²) >= 11 is 0. The number of nitrogens with zero attached hydrogens (tertiary/aromatic N) is 1. The van der Waals surface area contributed by atoms with Crippen molar-refractivity contribution in [3.8, 4) is 0 Å². The maximum Gasteiger partial charge on any atom is 0.00761 e. The van der Waals surface area contributed by atoms with Gasteiger partial charge in [-0.3, -0.25) is 0 Å². The van der Waals surface area contributed by atoms with Crippen molar-refractivity contribution in [3.63, 3.8) is 0 Å². The third-order valence-electron chi connectivity index (χ3n) is 2.64. The maximum atomic E-state index is 3.46. The maximum absolute atomic E-state index is 3.46. The van der Waals surface area contributed by atoms with Crippen molar-refractivity contribution in [1.29, 1.82) is 0 Å². The number of hydrogen-bond donors (Lipinski definition) is 1. The normalized spacial score (nSPS) is 14.6. The first-order valence-corrected chi connectivity index (χ1v) is 6.28. The lowest BCUT2D eigenvalue weighted by atomic mass is 9.95. The van der Waals surface area contributed by atoms with Gasteiger partial charge in [0.25, 0.3) is 0 Å². The Hall–Kier alpha value is -0.0800. The molecular weight excluding hydrogens is 184 g/mol. The molecule has 0 spiro atoms. The van der Waals surface area contributed by atoms with Gasteiger partial charge in [0.15, 0.2) is 0 Å². The Labute approximate surface area is 96.4 Å². The minimum absolute atomic E-state index is 0.403. The van der Waals surface area contributed by atoms with Crippen molar-refractivity contribution >= 4 is 0 Å². The standard InChI is InChI=1S/C13H30N2/c1-7-9-14-10-8-12(2)15(6)11-13(3,4)5/h12,14H,7-11H2,1-6H3. The highest BCUT2D eigenvalue weighted by Gasteiger charge is 2.16. The first-order valence-electron chi connectivity index (χ1n) is 6.28. The van der Waals surface area contributed by atoms with Crippen LogP contribution >= 0.6 is 0 Å². The van der Waals surface area contributed by atoms with E-state index in [0.717, 1.165) is 13.1 Å². The molecule has 0 saturated heterocycles. The zero-order chi connectivity index (χ0) is 11.9. The van der Waals surface area contributed by atoms with E-state index in [1.165, 1.54) is 19.4 Å². The molecule has 0 aromatic carbocycles. The summed E-state index contributed by atoms with van der Waals surface area (Å²) in [4.78, 5) is 2.47. The Kier molecular flexibility index (Phi) is 7.20. The largest absolute Gasteiger partial charge is 0.317 e. The fraction of sp³-hybridized carbons (Fsp3) is 1.00. The third-order valence-corrected chi connectivity index (χ3v) is 2.64. The van der Waals surface area contributed by atoms with Gasteiger partial charge >= 0.3 is 0 Å². The summed E-state index contributed by atoms with van der Waals surface area (Å²) in [5.41, 5.74) is 0.403. The van der Waals surface area contributed by atoms with Crippen LogP contribution in [-0.2, 0) is 0 Å². The van der Waals surface area contributed by atoms with E-state index in [2.05, 4.69) is 51.9 Å². The van der Waals surface area contributed by atoms with E-state index >= 15 is 0 Å². The van der Waals surface area contributed by atoms with Gasteiger partial charge in [0, 0.05) is 12.6 Å². The van der Waals surface area contributed by atoms with Gasteiger partial charge in [-0.05, 0) is 45.3 Å². The summed E-state index contributed by atoms with van der Waals surface area (Å²) in [7, 11) is 2.23. The molecule has 92 valence electrons. The van der Waals surface area contributed by atoms with Crippen molar-refractivity contribution in [2.75, 3.05) is 26.7 Å². The zero-order valence-electron chi connectivity index (χ0n) is 11.6. The van der Waals surface area contributed by atoms with Crippen molar-refractivity contribution in [2.24, 2.45) is 5.41 Å². The monoisotopic (exact) mass is 214 g/mol. The third kappa shape index (κ3) is 8.88.